The Balaban J connectivity index is 2.63. The third-order valence-corrected chi connectivity index (χ3v) is 3.23. The molecule has 0 saturated heterocycles. The molecule has 0 amide bonds. The zero-order valence-electron chi connectivity index (χ0n) is 9.56. The first-order chi connectivity index (χ1) is 7.67. The third-order valence-electron chi connectivity index (χ3n) is 2.26. The highest BCUT2D eigenvalue weighted by Gasteiger charge is 2.05. The second-order valence-electron chi connectivity index (χ2n) is 3.50. The fourth-order valence-electron chi connectivity index (χ4n) is 1.30. The van der Waals surface area contributed by atoms with Gasteiger partial charge < -0.3 is 11.1 Å². The van der Waals surface area contributed by atoms with Crippen LogP contribution >= 0.6 is 24.0 Å². The summed E-state index contributed by atoms with van der Waals surface area (Å²) in [5.74, 6) is 1.95. The number of nitrogens with zero attached hydrogens (tertiary/aromatic N) is 1. The molecule has 1 unspecified atom stereocenters. The minimum Gasteiger partial charge on any atom is -0.389 e. The summed E-state index contributed by atoms with van der Waals surface area (Å²) in [6, 6.07) is 4.26. The number of aromatic nitrogens is 1. The number of rotatable bonds is 6. The summed E-state index contributed by atoms with van der Waals surface area (Å²) in [6.07, 6.45) is 4.89. The Kier molecular flexibility index (Phi) is 5.55. The number of thioether (sulfide) groups is 1. The lowest BCUT2D eigenvalue weighted by Crippen LogP contribution is -2.21. The molecule has 3 nitrogen and oxygen atoms in total. The van der Waals surface area contributed by atoms with E-state index < -0.39 is 0 Å². The highest BCUT2D eigenvalue weighted by Crippen LogP contribution is 2.10. The SMILES string of the molecule is CCC(CSC)Nc1ccc(C(N)=S)cn1. The van der Waals surface area contributed by atoms with Gasteiger partial charge in [0, 0.05) is 23.6 Å². The van der Waals surface area contributed by atoms with Crippen molar-refractivity contribution in [2.75, 3.05) is 17.3 Å². The normalized spacial score (nSPS) is 12.1. The van der Waals surface area contributed by atoms with Gasteiger partial charge in [-0.05, 0) is 24.8 Å². The average Bonchev–Trinajstić information content (AvgIpc) is 2.29. The van der Waals surface area contributed by atoms with Gasteiger partial charge in [-0.3, -0.25) is 0 Å². The monoisotopic (exact) mass is 255 g/mol. The zero-order chi connectivity index (χ0) is 12.0. The van der Waals surface area contributed by atoms with Gasteiger partial charge in [0.2, 0.25) is 0 Å². The number of hydrogen-bond donors (Lipinski definition) is 2. The van der Waals surface area contributed by atoms with Gasteiger partial charge in [-0.15, -0.1) is 0 Å². The summed E-state index contributed by atoms with van der Waals surface area (Å²) in [5, 5.41) is 3.38. The van der Waals surface area contributed by atoms with E-state index in [1.165, 1.54) is 0 Å². The second kappa shape index (κ2) is 6.70. The number of nitrogens with one attached hydrogen (secondary N) is 1. The van der Waals surface area contributed by atoms with Crippen LogP contribution in [0.2, 0.25) is 0 Å². The molecular formula is C11H17N3S2. The molecule has 88 valence electrons. The van der Waals surface area contributed by atoms with Crippen LogP contribution in [0, 0.1) is 0 Å². The summed E-state index contributed by atoms with van der Waals surface area (Å²) in [4.78, 5) is 4.67. The number of anilines is 1. The minimum absolute atomic E-state index is 0.384. The van der Waals surface area contributed by atoms with Crippen molar-refractivity contribution in [1.29, 1.82) is 0 Å². The zero-order valence-corrected chi connectivity index (χ0v) is 11.2. The van der Waals surface area contributed by atoms with Gasteiger partial charge in [0.25, 0.3) is 0 Å². The maximum atomic E-state index is 5.51. The highest BCUT2D eigenvalue weighted by molar-refractivity contribution is 7.98. The fourth-order valence-corrected chi connectivity index (χ4v) is 2.14. The van der Waals surface area contributed by atoms with Gasteiger partial charge in [0.15, 0.2) is 0 Å². The standard InChI is InChI=1S/C11H17N3S2/c1-3-9(7-16-2)14-10-5-4-8(6-13-10)11(12)15/h4-6,9H,3,7H2,1-2H3,(H2,12,15)(H,13,14). The number of pyridine rings is 1. The third kappa shape index (κ3) is 3.98. The van der Waals surface area contributed by atoms with Crippen molar-refractivity contribution in [3.8, 4) is 0 Å². The molecule has 1 heterocycles. The van der Waals surface area contributed by atoms with Gasteiger partial charge in [-0.2, -0.15) is 11.8 Å². The first-order valence-corrected chi connectivity index (χ1v) is 6.99. The molecule has 1 rings (SSSR count). The van der Waals surface area contributed by atoms with Crippen LogP contribution in [0.15, 0.2) is 18.3 Å². The Labute approximate surface area is 106 Å². The van der Waals surface area contributed by atoms with Crippen molar-refractivity contribution < 1.29 is 0 Å². The summed E-state index contributed by atoms with van der Waals surface area (Å²) in [5.41, 5.74) is 6.31. The summed E-state index contributed by atoms with van der Waals surface area (Å²) < 4.78 is 0. The lowest BCUT2D eigenvalue weighted by Gasteiger charge is -2.16. The van der Waals surface area contributed by atoms with E-state index in [1.54, 1.807) is 6.20 Å². The summed E-state index contributed by atoms with van der Waals surface area (Å²) >= 11 is 6.70. The smallest absolute Gasteiger partial charge is 0.126 e. The number of thiocarbonyl (C=S) groups is 1. The summed E-state index contributed by atoms with van der Waals surface area (Å²) in [6.45, 7) is 2.16. The van der Waals surface area contributed by atoms with Crippen molar-refractivity contribution in [3.63, 3.8) is 0 Å². The Morgan fingerprint density at radius 2 is 2.38 bits per heavy atom. The lowest BCUT2D eigenvalue weighted by molar-refractivity contribution is 0.770. The molecule has 0 spiro atoms. The maximum absolute atomic E-state index is 5.51. The molecular weight excluding hydrogens is 238 g/mol. The molecule has 0 saturated carbocycles. The molecule has 5 heteroatoms. The molecule has 1 aromatic heterocycles. The number of nitrogens with two attached hydrogens (primary N) is 1. The van der Waals surface area contributed by atoms with Crippen molar-refractivity contribution in [3.05, 3.63) is 23.9 Å². The van der Waals surface area contributed by atoms with Crippen LogP contribution in [0.4, 0.5) is 5.82 Å². The maximum Gasteiger partial charge on any atom is 0.126 e. The van der Waals surface area contributed by atoms with Crippen LogP contribution in [0.25, 0.3) is 0 Å². The van der Waals surface area contributed by atoms with E-state index in [-0.39, 0.29) is 0 Å². The van der Waals surface area contributed by atoms with Gasteiger partial charge in [-0.25, -0.2) is 4.98 Å². The molecule has 1 aromatic rings. The van der Waals surface area contributed by atoms with Gasteiger partial charge in [-0.1, -0.05) is 19.1 Å². The Morgan fingerprint density at radius 1 is 1.62 bits per heavy atom. The quantitative estimate of drug-likeness (QED) is 0.764. The molecule has 0 bridgehead atoms. The van der Waals surface area contributed by atoms with E-state index in [4.69, 9.17) is 18.0 Å². The van der Waals surface area contributed by atoms with E-state index in [9.17, 15) is 0 Å². The molecule has 16 heavy (non-hydrogen) atoms. The van der Waals surface area contributed by atoms with Gasteiger partial charge >= 0.3 is 0 Å². The highest BCUT2D eigenvalue weighted by atomic mass is 32.2. The van der Waals surface area contributed by atoms with E-state index in [2.05, 4.69) is 23.5 Å². The van der Waals surface area contributed by atoms with Crippen molar-refractivity contribution in [2.45, 2.75) is 19.4 Å². The molecule has 0 fully saturated rings. The number of hydrogen-bond acceptors (Lipinski definition) is 4. The van der Waals surface area contributed by atoms with Crippen LogP contribution in [-0.2, 0) is 0 Å². The Bertz CT molecular complexity index is 338. The van der Waals surface area contributed by atoms with Crippen molar-refractivity contribution in [2.24, 2.45) is 5.73 Å². The van der Waals surface area contributed by atoms with Crippen LogP contribution < -0.4 is 11.1 Å². The minimum atomic E-state index is 0.384. The topological polar surface area (TPSA) is 50.9 Å². The van der Waals surface area contributed by atoms with E-state index in [1.807, 2.05) is 23.9 Å². The fraction of sp³-hybridized carbons (Fsp3) is 0.455. The van der Waals surface area contributed by atoms with Gasteiger partial charge in [0.05, 0.1) is 0 Å². The molecule has 0 radical (unpaired) electrons. The molecule has 3 N–H and O–H groups in total. The van der Waals surface area contributed by atoms with Crippen LogP contribution in [-0.4, -0.2) is 28.0 Å². The lowest BCUT2D eigenvalue weighted by atomic mass is 10.2. The first-order valence-electron chi connectivity index (χ1n) is 5.18. The van der Waals surface area contributed by atoms with Crippen LogP contribution in [0.5, 0.6) is 0 Å². The van der Waals surface area contributed by atoms with E-state index in [0.717, 1.165) is 23.6 Å². The largest absolute Gasteiger partial charge is 0.389 e. The molecule has 0 aromatic carbocycles. The average molecular weight is 255 g/mol. The molecule has 0 aliphatic rings. The van der Waals surface area contributed by atoms with E-state index in [0.29, 0.717) is 11.0 Å². The second-order valence-corrected chi connectivity index (χ2v) is 4.85. The Morgan fingerprint density at radius 3 is 2.81 bits per heavy atom. The van der Waals surface area contributed by atoms with Crippen LogP contribution in [0.3, 0.4) is 0 Å². The van der Waals surface area contributed by atoms with Crippen molar-refractivity contribution in [1.82, 2.24) is 4.98 Å². The molecule has 1 atom stereocenters. The van der Waals surface area contributed by atoms with Crippen LogP contribution in [0.1, 0.15) is 18.9 Å². The van der Waals surface area contributed by atoms with E-state index >= 15 is 0 Å². The summed E-state index contributed by atoms with van der Waals surface area (Å²) in [7, 11) is 0. The Hall–Kier alpha value is -0.810. The first kappa shape index (κ1) is 13.3. The van der Waals surface area contributed by atoms with Crippen molar-refractivity contribution >= 4 is 34.8 Å². The van der Waals surface area contributed by atoms with Gasteiger partial charge in [0.1, 0.15) is 10.8 Å². The molecule has 0 aliphatic heterocycles. The predicted molar refractivity (Wildman–Crippen MR) is 76.2 cm³/mol. The predicted octanol–water partition coefficient (Wildman–Crippen LogP) is 2.27. The molecule has 0 aliphatic carbocycles.